The molecule has 0 radical (unpaired) electrons. The lowest BCUT2D eigenvalue weighted by Gasteiger charge is -2.06. The monoisotopic (exact) mass is 349 g/mol. The lowest BCUT2D eigenvalue weighted by atomic mass is 10.1. The van der Waals surface area contributed by atoms with Gasteiger partial charge in [-0.2, -0.15) is 5.26 Å². The van der Waals surface area contributed by atoms with Gasteiger partial charge in [0.15, 0.2) is 10.7 Å². The van der Waals surface area contributed by atoms with E-state index in [1.165, 1.54) is 0 Å². The summed E-state index contributed by atoms with van der Waals surface area (Å²) >= 11 is 1.55. The Morgan fingerprint density at radius 1 is 1.28 bits per heavy atom. The average Bonchev–Trinajstić information content (AvgIpc) is 3.33. The van der Waals surface area contributed by atoms with E-state index in [-0.39, 0.29) is 6.42 Å². The normalized spacial score (nSPS) is 10.9. The fourth-order valence-electron chi connectivity index (χ4n) is 2.85. The summed E-state index contributed by atoms with van der Waals surface area (Å²) in [4.78, 5) is 5.53. The second-order valence-electron chi connectivity index (χ2n) is 5.42. The van der Waals surface area contributed by atoms with Gasteiger partial charge in [-0.1, -0.05) is 0 Å². The topological polar surface area (TPSA) is 63.5 Å². The quantitative estimate of drug-likeness (QED) is 0.520. The summed E-state index contributed by atoms with van der Waals surface area (Å²) in [6.07, 6.45) is 1.88. The van der Waals surface area contributed by atoms with Crippen LogP contribution in [-0.4, -0.2) is 16.0 Å². The van der Waals surface area contributed by atoms with E-state index in [1.54, 1.807) is 17.6 Å². The van der Waals surface area contributed by atoms with Crippen molar-refractivity contribution >= 4 is 16.3 Å². The highest BCUT2D eigenvalue weighted by molar-refractivity contribution is 7.15. The van der Waals surface area contributed by atoms with Crippen molar-refractivity contribution in [2.75, 3.05) is 6.61 Å². The first-order chi connectivity index (χ1) is 12.3. The van der Waals surface area contributed by atoms with Gasteiger partial charge in [0, 0.05) is 5.38 Å². The van der Waals surface area contributed by atoms with Gasteiger partial charge in [0.1, 0.15) is 11.4 Å². The predicted molar refractivity (Wildman–Crippen MR) is 96.7 cm³/mol. The Morgan fingerprint density at radius 3 is 2.80 bits per heavy atom. The molecule has 0 amide bonds. The Morgan fingerprint density at radius 2 is 2.12 bits per heavy atom. The molecule has 5 nitrogen and oxygen atoms in total. The number of thiazole rings is 1. The van der Waals surface area contributed by atoms with E-state index in [1.807, 2.05) is 47.7 Å². The highest BCUT2D eigenvalue weighted by atomic mass is 32.1. The number of nitrogens with zero attached hydrogens (tertiary/aromatic N) is 3. The van der Waals surface area contributed by atoms with Crippen LogP contribution in [0.2, 0.25) is 0 Å². The number of nitriles is 1. The van der Waals surface area contributed by atoms with E-state index in [4.69, 9.17) is 9.15 Å². The molecule has 0 saturated heterocycles. The van der Waals surface area contributed by atoms with Gasteiger partial charge in [-0.15, -0.1) is 11.3 Å². The molecule has 4 rings (SSSR count). The number of fused-ring (bicyclic) bond motifs is 1. The fourth-order valence-corrected chi connectivity index (χ4v) is 3.77. The first kappa shape index (κ1) is 15.5. The molecular weight excluding hydrogens is 334 g/mol. The number of furan rings is 1. The molecule has 0 atom stereocenters. The van der Waals surface area contributed by atoms with Crippen LogP contribution in [0, 0.1) is 11.3 Å². The van der Waals surface area contributed by atoms with Crippen LogP contribution in [0.4, 0.5) is 0 Å². The molecule has 0 aliphatic carbocycles. The van der Waals surface area contributed by atoms with Gasteiger partial charge in [-0.25, -0.2) is 4.98 Å². The molecule has 124 valence electrons. The summed E-state index contributed by atoms with van der Waals surface area (Å²) < 4.78 is 13.0. The van der Waals surface area contributed by atoms with Crippen LogP contribution in [0.5, 0.6) is 5.75 Å². The third kappa shape index (κ3) is 2.69. The van der Waals surface area contributed by atoms with Crippen LogP contribution in [0.15, 0.2) is 52.5 Å². The predicted octanol–water partition coefficient (Wildman–Crippen LogP) is 4.79. The maximum absolute atomic E-state index is 9.28. The van der Waals surface area contributed by atoms with E-state index in [0.717, 1.165) is 33.4 Å². The zero-order chi connectivity index (χ0) is 17.2. The molecule has 0 unspecified atom stereocenters. The Hall–Kier alpha value is -3.04. The average molecular weight is 349 g/mol. The van der Waals surface area contributed by atoms with Crippen LogP contribution in [-0.2, 0) is 6.42 Å². The molecule has 0 N–H and O–H groups in total. The first-order valence-corrected chi connectivity index (χ1v) is 8.82. The van der Waals surface area contributed by atoms with Crippen LogP contribution in [0.25, 0.3) is 27.7 Å². The number of hydrogen-bond acceptors (Lipinski definition) is 5. The number of benzene rings is 1. The van der Waals surface area contributed by atoms with Crippen molar-refractivity contribution in [1.29, 1.82) is 5.26 Å². The molecule has 0 spiro atoms. The molecule has 0 bridgehead atoms. The van der Waals surface area contributed by atoms with Crippen molar-refractivity contribution in [2.24, 2.45) is 0 Å². The molecule has 25 heavy (non-hydrogen) atoms. The number of aromatic nitrogens is 2. The Labute approximate surface area is 148 Å². The first-order valence-electron chi connectivity index (χ1n) is 7.94. The Balaban J connectivity index is 1.86. The molecule has 1 aromatic carbocycles. The Bertz CT molecular complexity index is 1040. The zero-order valence-electron chi connectivity index (χ0n) is 13.6. The van der Waals surface area contributed by atoms with Crippen molar-refractivity contribution in [3.63, 3.8) is 0 Å². The van der Waals surface area contributed by atoms with Crippen molar-refractivity contribution in [3.05, 3.63) is 53.7 Å². The lowest BCUT2D eigenvalue weighted by molar-refractivity contribution is 0.340. The Kier molecular flexibility index (Phi) is 4.00. The van der Waals surface area contributed by atoms with Gasteiger partial charge in [0.05, 0.1) is 36.7 Å². The molecule has 4 aromatic rings. The van der Waals surface area contributed by atoms with Gasteiger partial charge in [-0.3, -0.25) is 4.40 Å². The van der Waals surface area contributed by atoms with E-state index < -0.39 is 0 Å². The summed E-state index contributed by atoms with van der Waals surface area (Å²) in [6.45, 7) is 2.61. The van der Waals surface area contributed by atoms with E-state index in [0.29, 0.717) is 12.4 Å². The van der Waals surface area contributed by atoms with E-state index in [2.05, 4.69) is 16.4 Å². The largest absolute Gasteiger partial charge is 0.494 e. The summed E-state index contributed by atoms with van der Waals surface area (Å²) in [5, 5.41) is 11.3. The third-order valence-corrected chi connectivity index (χ3v) is 4.75. The van der Waals surface area contributed by atoms with Gasteiger partial charge in [0.25, 0.3) is 0 Å². The second kappa shape index (κ2) is 6.46. The van der Waals surface area contributed by atoms with Crippen LogP contribution in [0.3, 0.4) is 0 Å². The minimum atomic E-state index is 0.262. The molecule has 3 heterocycles. The van der Waals surface area contributed by atoms with Crippen LogP contribution < -0.4 is 4.74 Å². The summed E-state index contributed by atoms with van der Waals surface area (Å²) in [5.74, 6) is 1.52. The maximum Gasteiger partial charge on any atom is 0.195 e. The second-order valence-corrected chi connectivity index (χ2v) is 6.25. The van der Waals surface area contributed by atoms with Crippen molar-refractivity contribution in [1.82, 2.24) is 9.38 Å². The maximum atomic E-state index is 9.28. The summed E-state index contributed by atoms with van der Waals surface area (Å²) in [6, 6.07) is 13.9. The lowest BCUT2D eigenvalue weighted by Crippen LogP contribution is -1.95. The van der Waals surface area contributed by atoms with Crippen LogP contribution >= 0.6 is 11.3 Å². The van der Waals surface area contributed by atoms with Gasteiger partial charge in [-0.05, 0) is 48.9 Å². The van der Waals surface area contributed by atoms with Crippen LogP contribution in [0.1, 0.15) is 12.6 Å². The number of imidazole rings is 1. The minimum Gasteiger partial charge on any atom is -0.494 e. The standard InChI is InChI=1S/C19H15N3O2S/c1-2-23-14-7-5-13(6-8-14)16-12-25-19-21-18(17-4-3-11-24-17)15(9-10-20)22(16)19/h3-8,11-12H,2,9H2,1H3. The number of hydrogen-bond donors (Lipinski definition) is 0. The summed E-state index contributed by atoms with van der Waals surface area (Å²) in [5.41, 5.74) is 3.64. The third-order valence-electron chi connectivity index (χ3n) is 3.92. The fraction of sp³-hybridized carbons (Fsp3) is 0.158. The van der Waals surface area contributed by atoms with Crippen molar-refractivity contribution in [2.45, 2.75) is 13.3 Å². The van der Waals surface area contributed by atoms with E-state index in [9.17, 15) is 5.26 Å². The highest BCUT2D eigenvalue weighted by Gasteiger charge is 2.20. The van der Waals surface area contributed by atoms with E-state index >= 15 is 0 Å². The SMILES string of the molecule is CCOc1ccc(-c2csc3nc(-c4ccco4)c(CC#N)n23)cc1. The van der Waals surface area contributed by atoms with Gasteiger partial charge >= 0.3 is 0 Å². The zero-order valence-corrected chi connectivity index (χ0v) is 14.4. The van der Waals surface area contributed by atoms with Gasteiger partial charge < -0.3 is 9.15 Å². The molecule has 0 aliphatic heterocycles. The summed E-state index contributed by atoms with van der Waals surface area (Å²) in [7, 11) is 0. The molecule has 6 heteroatoms. The minimum absolute atomic E-state index is 0.262. The van der Waals surface area contributed by atoms with Crippen molar-refractivity contribution < 1.29 is 9.15 Å². The molecule has 0 saturated carbocycles. The molecule has 0 aliphatic rings. The molecular formula is C19H15N3O2S. The molecule has 0 fully saturated rings. The number of rotatable bonds is 5. The van der Waals surface area contributed by atoms with Crippen molar-refractivity contribution in [3.8, 4) is 34.5 Å². The number of ether oxygens (including phenoxy) is 1. The highest BCUT2D eigenvalue weighted by Crippen LogP contribution is 2.33. The van der Waals surface area contributed by atoms with Gasteiger partial charge in [0.2, 0.25) is 0 Å². The molecule has 3 aromatic heterocycles. The smallest absolute Gasteiger partial charge is 0.195 e.